The number of carbonyl (C=O) groups excluding carboxylic acids is 3. The van der Waals surface area contributed by atoms with Crippen LogP contribution in [0.3, 0.4) is 0 Å². The highest BCUT2D eigenvalue weighted by Crippen LogP contribution is 2.49. The molecule has 100 valence electrons. The van der Waals surface area contributed by atoms with Gasteiger partial charge in [-0.05, 0) is 13.8 Å². The lowest BCUT2D eigenvalue weighted by molar-refractivity contribution is -0.146. The van der Waals surface area contributed by atoms with Crippen LogP contribution in [0.1, 0.15) is 24.2 Å². The Kier molecular flexibility index (Phi) is 3.79. The van der Waals surface area contributed by atoms with Crippen LogP contribution in [0.2, 0.25) is 0 Å². The lowest BCUT2D eigenvalue weighted by Crippen LogP contribution is -2.12. The number of ether oxygens (including phenoxy) is 1. The number of benzene rings is 1. The fourth-order valence-corrected chi connectivity index (χ4v) is 2.47. The maximum Gasteiger partial charge on any atom is 0.310 e. The molecule has 1 aliphatic carbocycles. The maximum atomic E-state index is 12.3. The highest BCUT2D eigenvalue weighted by Gasteiger charge is 2.61. The second-order valence-electron chi connectivity index (χ2n) is 4.67. The first-order valence-electron chi connectivity index (χ1n) is 6.34. The second kappa shape index (κ2) is 5.34. The van der Waals surface area contributed by atoms with E-state index in [1.165, 1.54) is 6.92 Å². The smallest absolute Gasteiger partial charge is 0.310 e. The largest absolute Gasteiger partial charge is 0.466 e. The molecular weight excluding hydrogens is 244 g/mol. The molecule has 0 amide bonds. The van der Waals surface area contributed by atoms with Crippen molar-refractivity contribution in [1.29, 1.82) is 0 Å². The minimum Gasteiger partial charge on any atom is -0.466 e. The van der Waals surface area contributed by atoms with Crippen LogP contribution in [0.5, 0.6) is 0 Å². The highest BCUT2D eigenvalue weighted by atomic mass is 16.5. The summed E-state index contributed by atoms with van der Waals surface area (Å²) in [6, 6.07) is 8.73. The number of esters is 1. The molecule has 0 N–H and O–H groups in total. The maximum absolute atomic E-state index is 12.3. The minimum absolute atomic E-state index is 0.132. The van der Waals surface area contributed by atoms with Gasteiger partial charge >= 0.3 is 5.97 Å². The molecule has 0 radical (unpaired) electrons. The third kappa shape index (κ3) is 2.57. The van der Waals surface area contributed by atoms with Gasteiger partial charge in [0.2, 0.25) is 0 Å². The Hall–Kier alpha value is -1.97. The lowest BCUT2D eigenvalue weighted by atomic mass is 10.0. The third-order valence-electron chi connectivity index (χ3n) is 3.41. The summed E-state index contributed by atoms with van der Waals surface area (Å²) in [5.41, 5.74) is 0.533. The van der Waals surface area contributed by atoms with Crippen molar-refractivity contribution < 1.29 is 19.1 Å². The Balaban J connectivity index is 2.17. The van der Waals surface area contributed by atoms with E-state index < -0.39 is 23.7 Å². The normalized spacial score (nSPS) is 24.6. The summed E-state index contributed by atoms with van der Waals surface area (Å²) in [4.78, 5) is 35.5. The molecule has 0 aliphatic heterocycles. The van der Waals surface area contributed by atoms with Crippen LogP contribution in [0.25, 0.3) is 0 Å². The zero-order valence-electron chi connectivity index (χ0n) is 11.0. The molecule has 2 rings (SSSR count). The third-order valence-corrected chi connectivity index (χ3v) is 3.41. The quantitative estimate of drug-likeness (QED) is 0.599. The Morgan fingerprint density at radius 1 is 1.05 bits per heavy atom. The molecule has 4 heteroatoms. The zero-order valence-corrected chi connectivity index (χ0v) is 11.0. The fourth-order valence-electron chi connectivity index (χ4n) is 2.47. The Morgan fingerprint density at radius 2 is 1.68 bits per heavy atom. The van der Waals surface area contributed by atoms with Crippen molar-refractivity contribution in [2.24, 2.45) is 17.8 Å². The summed E-state index contributed by atoms with van der Waals surface area (Å²) in [5, 5.41) is 0. The van der Waals surface area contributed by atoms with E-state index in [-0.39, 0.29) is 18.2 Å². The van der Waals surface area contributed by atoms with E-state index >= 15 is 0 Å². The Labute approximate surface area is 111 Å². The van der Waals surface area contributed by atoms with Crippen molar-refractivity contribution in [1.82, 2.24) is 0 Å². The van der Waals surface area contributed by atoms with E-state index in [1.807, 2.05) is 6.07 Å². The molecule has 1 aromatic rings. The van der Waals surface area contributed by atoms with Crippen LogP contribution in [0.15, 0.2) is 30.3 Å². The molecule has 1 aliphatic rings. The van der Waals surface area contributed by atoms with Crippen LogP contribution in [0.4, 0.5) is 0 Å². The molecule has 0 saturated heterocycles. The van der Waals surface area contributed by atoms with Crippen LogP contribution in [-0.2, 0) is 14.3 Å². The van der Waals surface area contributed by atoms with Crippen LogP contribution < -0.4 is 0 Å². The standard InChI is InChI=1S/C15H16O4/c1-3-19-15(18)13-11(9(2)16)12(13)14(17)10-7-5-4-6-8-10/h4-8,11-13H,3H2,1-2H3. The van der Waals surface area contributed by atoms with Crippen LogP contribution >= 0.6 is 0 Å². The van der Waals surface area contributed by atoms with Crippen molar-refractivity contribution in [2.45, 2.75) is 13.8 Å². The van der Waals surface area contributed by atoms with Gasteiger partial charge in [-0.2, -0.15) is 0 Å². The van der Waals surface area contributed by atoms with Gasteiger partial charge < -0.3 is 4.74 Å². The first kappa shape index (κ1) is 13.5. The topological polar surface area (TPSA) is 60.4 Å². The van der Waals surface area contributed by atoms with Gasteiger partial charge in [-0.25, -0.2) is 0 Å². The van der Waals surface area contributed by atoms with Crippen molar-refractivity contribution in [3.05, 3.63) is 35.9 Å². The Morgan fingerprint density at radius 3 is 2.21 bits per heavy atom. The van der Waals surface area contributed by atoms with Crippen molar-refractivity contribution in [3.63, 3.8) is 0 Å². The van der Waals surface area contributed by atoms with E-state index in [2.05, 4.69) is 0 Å². The average Bonchev–Trinajstić information content (AvgIpc) is 3.15. The molecule has 0 spiro atoms. The van der Waals surface area contributed by atoms with Gasteiger partial charge in [0.1, 0.15) is 5.78 Å². The van der Waals surface area contributed by atoms with Gasteiger partial charge in [0, 0.05) is 17.4 Å². The molecule has 0 bridgehead atoms. The first-order chi connectivity index (χ1) is 9.07. The molecule has 19 heavy (non-hydrogen) atoms. The number of carbonyl (C=O) groups is 3. The average molecular weight is 260 g/mol. The summed E-state index contributed by atoms with van der Waals surface area (Å²) in [6.45, 7) is 3.37. The number of hydrogen-bond acceptors (Lipinski definition) is 4. The highest BCUT2D eigenvalue weighted by molar-refractivity contribution is 6.08. The predicted octanol–water partition coefficient (Wildman–Crippen LogP) is 1.88. The first-order valence-corrected chi connectivity index (χ1v) is 6.34. The van der Waals surface area contributed by atoms with E-state index in [4.69, 9.17) is 4.74 Å². The van der Waals surface area contributed by atoms with Gasteiger partial charge in [-0.15, -0.1) is 0 Å². The summed E-state index contributed by atoms with van der Waals surface area (Å²) in [6.07, 6.45) is 0. The van der Waals surface area contributed by atoms with Crippen molar-refractivity contribution in [3.8, 4) is 0 Å². The summed E-state index contributed by atoms with van der Waals surface area (Å²) < 4.78 is 4.92. The summed E-state index contributed by atoms with van der Waals surface area (Å²) >= 11 is 0. The second-order valence-corrected chi connectivity index (χ2v) is 4.67. The Bertz CT molecular complexity index is 506. The molecule has 3 atom stereocenters. The van der Waals surface area contributed by atoms with Crippen LogP contribution in [0, 0.1) is 17.8 Å². The number of Topliss-reactive ketones (excluding diaryl/α,β-unsaturated/α-hetero) is 2. The summed E-state index contributed by atoms with van der Waals surface area (Å²) in [5.74, 6) is -2.42. The van der Waals surface area contributed by atoms with Gasteiger partial charge in [0.25, 0.3) is 0 Å². The zero-order chi connectivity index (χ0) is 14.0. The molecule has 4 nitrogen and oxygen atoms in total. The van der Waals surface area contributed by atoms with E-state index in [0.29, 0.717) is 5.56 Å². The number of ketones is 2. The minimum atomic E-state index is -0.606. The number of rotatable bonds is 5. The summed E-state index contributed by atoms with van der Waals surface area (Å²) in [7, 11) is 0. The van der Waals surface area contributed by atoms with Crippen LogP contribution in [-0.4, -0.2) is 24.1 Å². The molecule has 1 fully saturated rings. The van der Waals surface area contributed by atoms with Gasteiger partial charge in [0.15, 0.2) is 5.78 Å². The monoisotopic (exact) mass is 260 g/mol. The molecule has 1 saturated carbocycles. The fraction of sp³-hybridized carbons (Fsp3) is 0.400. The van der Waals surface area contributed by atoms with Crippen molar-refractivity contribution in [2.75, 3.05) is 6.61 Å². The van der Waals surface area contributed by atoms with Gasteiger partial charge in [-0.1, -0.05) is 30.3 Å². The molecule has 1 aromatic carbocycles. The number of hydrogen-bond donors (Lipinski definition) is 0. The lowest BCUT2D eigenvalue weighted by Gasteiger charge is -2.00. The van der Waals surface area contributed by atoms with E-state index in [9.17, 15) is 14.4 Å². The van der Waals surface area contributed by atoms with Gasteiger partial charge in [0.05, 0.1) is 12.5 Å². The molecular formula is C15H16O4. The molecule has 0 heterocycles. The van der Waals surface area contributed by atoms with Crippen molar-refractivity contribution >= 4 is 17.5 Å². The molecule has 3 unspecified atom stereocenters. The SMILES string of the molecule is CCOC(=O)C1C(C(C)=O)C1C(=O)c1ccccc1. The van der Waals surface area contributed by atoms with Gasteiger partial charge in [-0.3, -0.25) is 14.4 Å². The van der Waals surface area contributed by atoms with E-state index in [0.717, 1.165) is 0 Å². The van der Waals surface area contributed by atoms with E-state index in [1.54, 1.807) is 31.2 Å². The predicted molar refractivity (Wildman–Crippen MR) is 68.6 cm³/mol. The molecule has 0 aromatic heterocycles.